The first-order valence-electron chi connectivity index (χ1n) is 6.29. The van der Waals surface area contributed by atoms with Crippen molar-refractivity contribution in [3.05, 3.63) is 39.8 Å². The minimum Gasteiger partial charge on any atom is -0.302 e. The van der Waals surface area contributed by atoms with E-state index in [-0.39, 0.29) is 11.6 Å². The molecule has 0 bridgehead atoms. The van der Waals surface area contributed by atoms with E-state index in [9.17, 15) is 14.9 Å². The number of amides is 1. The van der Waals surface area contributed by atoms with Gasteiger partial charge in [0.25, 0.3) is 5.69 Å². The number of hydrogen-bond donors (Lipinski definition) is 1. The topological polar surface area (TPSA) is 85.1 Å². The summed E-state index contributed by atoms with van der Waals surface area (Å²) in [4.78, 5) is 26.4. The van der Waals surface area contributed by atoms with Crippen LogP contribution >= 0.6 is 11.3 Å². The highest BCUT2D eigenvalue weighted by Gasteiger charge is 2.22. The Morgan fingerprint density at radius 1 is 1.29 bits per heavy atom. The standard InChI is InChI=1S/C14H15N3O3S/c1-14(2,3)12(18)16-13-15-11(8-21-13)9-4-6-10(7-5-9)17(19)20/h4-8H,1-3H3,(H,15,16,18). The molecule has 0 aliphatic rings. The minimum atomic E-state index is -0.487. The van der Waals surface area contributed by atoms with Gasteiger partial charge in [0.2, 0.25) is 5.91 Å². The molecule has 2 rings (SSSR count). The van der Waals surface area contributed by atoms with Gasteiger partial charge in [0.1, 0.15) is 0 Å². The molecule has 0 aliphatic carbocycles. The van der Waals surface area contributed by atoms with Gasteiger partial charge in [0, 0.05) is 28.5 Å². The third-order valence-electron chi connectivity index (χ3n) is 2.78. The molecular formula is C14H15N3O3S. The van der Waals surface area contributed by atoms with Crippen LogP contribution in [0.3, 0.4) is 0 Å². The largest absolute Gasteiger partial charge is 0.302 e. The number of carbonyl (C=O) groups excluding carboxylic acids is 1. The van der Waals surface area contributed by atoms with Crippen molar-refractivity contribution in [2.24, 2.45) is 5.41 Å². The summed E-state index contributed by atoms with van der Waals surface area (Å²) in [6.45, 7) is 5.48. The molecule has 110 valence electrons. The second-order valence-corrected chi connectivity index (χ2v) is 6.40. The molecule has 1 aromatic carbocycles. The number of carbonyl (C=O) groups is 1. The summed E-state index contributed by atoms with van der Waals surface area (Å²) in [6, 6.07) is 6.15. The van der Waals surface area contributed by atoms with Gasteiger partial charge in [-0.2, -0.15) is 0 Å². The molecule has 1 amide bonds. The zero-order valence-electron chi connectivity index (χ0n) is 11.9. The summed E-state index contributed by atoms with van der Waals surface area (Å²) in [7, 11) is 0. The maximum absolute atomic E-state index is 11.9. The van der Waals surface area contributed by atoms with Gasteiger partial charge < -0.3 is 5.32 Å². The van der Waals surface area contributed by atoms with Gasteiger partial charge in [0.15, 0.2) is 5.13 Å². The predicted molar refractivity (Wildman–Crippen MR) is 82.3 cm³/mol. The van der Waals surface area contributed by atoms with E-state index in [0.717, 1.165) is 5.56 Å². The smallest absolute Gasteiger partial charge is 0.269 e. The third kappa shape index (κ3) is 3.63. The maximum atomic E-state index is 11.9. The van der Waals surface area contributed by atoms with Gasteiger partial charge in [-0.1, -0.05) is 20.8 Å². The number of nitro benzene ring substituents is 1. The van der Waals surface area contributed by atoms with Gasteiger partial charge in [-0.05, 0) is 12.1 Å². The van der Waals surface area contributed by atoms with E-state index in [0.29, 0.717) is 10.8 Å². The number of nitro groups is 1. The number of nitrogens with one attached hydrogen (secondary N) is 1. The van der Waals surface area contributed by atoms with E-state index in [1.807, 2.05) is 20.8 Å². The van der Waals surface area contributed by atoms with Crippen molar-refractivity contribution in [3.63, 3.8) is 0 Å². The number of anilines is 1. The van der Waals surface area contributed by atoms with Crippen molar-refractivity contribution in [1.82, 2.24) is 4.98 Å². The first-order chi connectivity index (χ1) is 9.77. The number of thiazole rings is 1. The molecule has 6 nitrogen and oxygen atoms in total. The molecule has 0 unspecified atom stereocenters. The molecule has 0 atom stereocenters. The Morgan fingerprint density at radius 3 is 2.43 bits per heavy atom. The molecule has 0 aliphatic heterocycles. The Morgan fingerprint density at radius 2 is 1.90 bits per heavy atom. The van der Waals surface area contributed by atoms with E-state index in [1.54, 1.807) is 17.5 Å². The zero-order chi connectivity index (χ0) is 15.6. The van der Waals surface area contributed by atoms with Crippen LogP contribution in [0.2, 0.25) is 0 Å². The summed E-state index contributed by atoms with van der Waals surface area (Å²) in [6.07, 6.45) is 0. The number of nitrogens with zero attached hydrogens (tertiary/aromatic N) is 2. The molecular weight excluding hydrogens is 290 g/mol. The average Bonchev–Trinajstić information content (AvgIpc) is 2.86. The summed E-state index contributed by atoms with van der Waals surface area (Å²) in [5.41, 5.74) is 1.00. The highest BCUT2D eigenvalue weighted by molar-refractivity contribution is 7.14. The van der Waals surface area contributed by atoms with E-state index < -0.39 is 10.3 Å². The lowest BCUT2D eigenvalue weighted by molar-refractivity contribution is -0.384. The van der Waals surface area contributed by atoms with E-state index in [4.69, 9.17) is 0 Å². The summed E-state index contributed by atoms with van der Waals surface area (Å²) in [5.74, 6) is -0.105. The second kappa shape index (κ2) is 5.61. The number of rotatable bonds is 3. The highest BCUT2D eigenvalue weighted by Crippen LogP contribution is 2.27. The molecule has 0 saturated heterocycles. The van der Waals surface area contributed by atoms with Crippen LogP contribution in [0, 0.1) is 15.5 Å². The SMILES string of the molecule is CC(C)(C)C(=O)Nc1nc(-c2ccc([N+](=O)[O-])cc2)cs1. The van der Waals surface area contributed by atoms with Crippen LogP contribution in [0.5, 0.6) is 0 Å². The van der Waals surface area contributed by atoms with Crippen LogP contribution in [0.25, 0.3) is 11.3 Å². The molecule has 1 N–H and O–H groups in total. The average molecular weight is 305 g/mol. The first kappa shape index (κ1) is 15.1. The lowest BCUT2D eigenvalue weighted by atomic mass is 9.96. The fourth-order valence-corrected chi connectivity index (χ4v) is 2.22. The van der Waals surface area contributed by atoms with Crippen molar-refractivity contribution in [2.45, 2.75) is 20.8 Å². The number of hydrogen-bond acceptors (Lipinski definition) is 5. The van der Waals surface area contributed by atoms with Crippen LogP contribution in [0.1, 0.15) is 20.8 Å². The fourth-order valence-electron chi connectivity index (χ4n) is 1.50. The zero-order valence-corrected chi connectivity index (χ0v) is 12.7. The van der Waals surface area contributed by atoms with Gasteiger partial charge in [-0.25, -0.2) is 4.98 Å². The lowest BCUT2D eigenvalue weighted by Crippen LogP contribution is -2.27. The number of benzene rings is 1. The van der Waals surface area contributed by atoms with Crippen LogP contribution in [-0.4, -0.2) is 15.8 Å². The molecule has 1 aromatic heterocycles. The summed E-state index contributed by atoms with van der Waals surface area (Å²) >= 11 is 1.32. The second-order valence-electron chi connectivity index (χ2n) is 5.55. The maximum Gasteiger partial charge on any atom is 0.269 e. The third-order valence-corrected chi connectivity index (χ3v) is 3.54. The van der Waals surface area contributed by atoms with Crippen LogP contribution in [-0.2, 0) is 4.79 Å². The van der Waals surface area contributed by atoms with Crippen molar-refractivity contribution in [2.75, 3.05) is 5.32 Å². The predicted octanol–water partition coefficient (Wildman–Crippen LogP) is 3.70. The molecule has 7 heteroatoms. The van der Waals surface area contributed by atoms with Gasteiger partial charge in [-0.3, -0.25) is 14.9 Å². The monoisotopic (exact) mass is 305 g/mol. The van der Waals surface area contributed by atoms with Crippen LogP contribution < -0.4 is 5.32 Å². The van der Waals surface area contributed by atoms with Gasteiger partial charge >= 0.3 is 0 Å². The fraction of sp³-hybridized carbons (Fsp3) is 0.286. The normalized spacial score (nSPS) is 11.2. The quantitative estimate of drug-likeness (QED) is 0.692. The van der Waals surface area contributed by atoms with Gasteiger partial charge in [0.05, 0.1) is 10.6 Å². The molecule has 0 fully saturated rings. The molecule has 0 radical (unpaired) electrons. The van der Waals surface area contributed by atoms with E-state index >= 15 is 0 Å². The van der Waals surface area contributed by atoms with Crippen molar-refractivity contribution >= 4 is 28.1 Å². The molecule has 0 saturated carbocycles. The van der Waals surface area contributed by atoms with Gasteiger partial charge in [-0.15, -0.1) is 11.3 Å². The van der Waals surface area contributed by atoms with Crippen LogP contribution in [0.15, 0.2) is 29.6 Å². The number of non-ortho nitro benzene ring substituents is 1. The molecule has 21 heavy (non-hydrogen) atoms. The minimum absolute atomic E-state index is 0.0373. The Hall–Kier alpha value is -2.28. The first-order valence-corrected chi connectivity index (χ1v) is 7.17. The van der Waals surface area contributed by atoms with Crippen molar-refractivity contribution < 1.29 is 9.72 Å². The summed E-state index contributed by atoms with van der Waals surface area (Å²) in [5, 5.41) is 15.7. The Balaban J connectivity index is 2.16. The Labute approximate surface area is 126 Å². The van der Waals surface area contributed by atoms with E-state index in [1.165, 1.54) is 23.5 Å². The summed E-state index contributed by atoms with van der Waals surface area (Å²) < 4.78 is 0. The van der Waals surface area contributed by atoms with Crippen molar-refractivity contribution in [1.29, 1.82) is 0 Å². The number of aromatic nitrogens is 1. The molecule has 1 heterocycles. The van der Waals surface area contributed by atoms with E-state index in [2.05, 4.69) is 10.3 Å². The van der Waals surface area contributed by atoms with Crippen LogP contribution in [0.4, 0.5) is 10.8 Å². The Bertz CT molecular complexity index is 672. The molecule has 0 spiro atoms. The highest BCUT2D eigenvalue weighted by atomic mass is 32.1. The lowest BCUT2D eigenvalue weighted by Gasteiger charge is -2.15. The molecule has 2 aromatic rings. The Kier molecular flexibility index (Phi) is 4.04. The van der Waals surface area contributed by atoms with Crippen molar-refractivity contribution in [3.8, 4) is 11.3 Å².